The molecule has 0 unspecified atom stereocenters. The van der Waals surface area contributed by atoms with E-state index in [0.717, 1.165) is 22.3 Å². The number of aromatic carboxylic acids is 1. The van der Waals surface area contributed by atoms with Crippen LogP contribution >= 0.6 is 0 Å². The summed E-state index contributed by atoms with van der Waals surface area (Å²) in [6.45, 7) is 3.49. The number of aromatic nitrogens is 5. The molecule has 4 rings (SSSR count). The van der Waals surface area contributed by atoms with Crippen molar-refractivity contribution in [1.82, 2.24) is 25.6 Å². The number of aryl methyl sites for hydroxylation is 2. The van der Waals surface area contributed by atoms with E-state index in [0.29, 0.717) is 28.5 Å². The summed E-state index contributed by atoms with van der Waals surface area (Å²) in [4.78, 5) is 16.3. The summed E-state index contributed by atoms with van der Waals surface area (Å²) in [5, 5.41) is 24.0. The Morgan fingerprint density at radius 1 is 0.967 bits per heavy atom. The first-order valence-corrected chi connectivity index (χ1v) is 9.23. The highest BCUT2D eigenvalue weighted by Crippen LogP contribution is 2.38. The van der Waals surface area contributed by atoms with Crippen LogP contribution in [0.4, 0.5) is 0 Å². The van der Waals surface area contributed by atoms with Crippen LogP contribution in [-0.2, 0) is 0 Å². The zero-order valence-electron chi connectivity index (χ0n) is 16.7. The lowest BCUT2D eigenvalue weighted by Crippen LogP contribution is -2.08. The SMILES string of the molecule is COc1c(C)nc(C)c(C(=O)O)c1-c1ccc(-c2ccccc2-c2nn[nH]n2)cc1. The van der Waals surface area contributed by atoms with E-state index in [1.165, 1.54) is 7.11 Å². The number of benzene rings is 2. The van der Waals surface area contributed by atoms with E-state index in [9.17, 15) is 9.90 Å². The van der Waals surface area contributed by atoms with Crippen molar-refractivity contribution in [2.24, 2.45) is 0 Å². The van der Waals surface area contributed by atoms with Gasteiger partial charge in [0.1, 0.15) is 5.75 Å². The summed E-state index contributed by atoms with van der Waals surface area (Å²) in [7, 11) is 1.52. The third-order valence-corrected chi connectivity index (χ3v) is 4.92. The Kier molecular flexibility index (Phi) is 4.97. The number of hydrogen-bond donors (Lipinski definition) is 2. The van der Waals surface area contributed by atoms with E-state index >= 15 is 0 Å². The zero-order valence-corrected chi connectivity index (χ0v) is 16.7. The molecule has 2 aromatic carbocycles. The molecule has 2 aromatic heterocycles. The quantitative estimate of drug-likeness (QED) is 0.521. The highest BCUT2D eigenvalue weighted by Gasteiger charge is 2.23. The Morgan fingerprint density at radius 2 is 1.63 bits per heavy atom. The van der Waals surface area contributed by atoms with Gasteiger partial charge >= 0.3 is 5.97 Å². The van der Waals surface area contributed by atoms with Crippen molar-refractivity contribution < 1.29 is 14.6 Å². The summed E-state index contributed by atoms with van der Waals surface area (Å²) in [5.74, 6) is -0.0809. The van der Waals surface area contributed by atoms with Crippen molar-refractivity contribution >= 4 is 5.97 Å². The van der Waals surface area contributed by atoms with Crippen LogP contribution in [0.5, 0.6) is 5.75 Å². The van der Waals surface area contributed by atoms with Crippen molar-refractivity contribution in [3.8, 4) is 39.4 Å². The maximum absolute atomic E-state index is 11.9. The largest absolute Gasteiger partial charge is 0.494 e. The predicted octanol–water partition coefficient (Wildman–Crippen LogP) is 3.92. The smallest absolute Gasteiger partial charge is 0.338 e. The van der Waals surface area contributed by atoms with E-state index in [4.69, 9.17) is 4.74 Å². The van der Waals surface area contributed by atoms with Crippen LogP contribution in [0.15, 0.2) is 48.5 Å². The molecule has 0 aliphatic carbocycles. The third-order valence-electron chi connectivity index (χ3n) is 4.92. The summed E-state index contributed by atoms with van der Waals surface area (Å²) in [6, 6.07) is 15.4. The number of methoxy groups -OCH3 is 1. The van der Waals surface area contributed by atoms with E-state index < -0.39 is 5.97 Å². The Labute approximate surface area is 172 Å². The number of carboxylic acid groups (broad SMARTS) is 1. The second-order valence-corrected chi connectivity index (χ2v) is 6.73. The topological polar surface area (TPSA) is 114 Å². The minimum absolute atomic E-state index is 0.136. The number of nitrogens with zero attached hydrogens (tertiary/aromatic N) is 4. The van der Waals surface area contributed by atoms with Crippen LogP contribution < -0.4 is 4.74 Å². The number of hydrogen-bond acceptors (Lipinski definition) is 6. The first-order chi connectivity index (χ1) is 14.5. The molecule has 4 aromatic rings. The van der Waals surface area contributed by atoms with Crippen LogP contribution in [0.2, 0.25) is 0 Å². The fourth-order valence-corrected chi connectivity index (χ4v) is 3.64. The van der Waals surface area contributed by atoms with Crippen molar-refractivity contribution in [3.05, 3.63) is 65.5 Å². The van der Waals surface area contributed by atoms with Gasteiger partial charge in [-0.15, -0.1) is 10.2 Å². The van der Waals surface area contributed by atoms with Crippen LogP contribution in [0.25, 0.3) is 33.6 Å². The van der Waals surface area contributed by atoms with Crippen molar-refractivity contribution in [3.63, 3.8) is 0 Å². The summed E-state index contributed by atoms with van der Waals surface area (Å²) >= 11 is 0. The first-order valence-electron chi connectivity index (χ1n) is 9.23. The number of ether oxygens (including phenoxy) is 1. The number of rotatable bonds is 5. The van der Waals surface area contributed by atoms with Gasteiger partial charge < -0.3 is 9.84 Å². The molecule has 2 heterocycles. The Hall–Kier alpha value is -4.07. The number of H-pyrrole nitrogens is 1. The second-order valence-electron chi connectivity index (χ2n) is 6.73. The molecule has 8 nitrogen and oxygen atoms in total. The van der Waals surface area contributed by atoms with Gasteiger partial charge in [0, 0.05) is 11.1 Å². The van der Waals surface area contributed by atoms with E-state index in [1.807, 2.05) is 48.5 Å². The Bertz CT molecular complexity index is 1220. The van der Waals surface area contributed by atoms with Gasteiger partial charge in [-0.05, 0) is 35.8 Å². The average Bonchev–Trinajstić information content (AvgIpc) is 3.28. The number of aromatic amines is 1. The second kappa shape index (κ2) is 7.75. The maximum atomic E-state index is 11.9. The van der Waals surface area contributed by atoms with Gasteiger partial charge in [-0.25, -0.2) is 4.79 Å². The molecule has 0 saturated carbocycles. The van der Waals surface area contributed by atoms with Gasteiger partial charge in [-0.3, -0.25) is 4.98 Å². The van der Waals surface area contributed by atoms with Crippen molar-refractivity contribution in [1.29, 1.82) is 0 Å². The van der Waals surface area contributed by atoms with Gasteiger partial charge in [-0.2, -0.15) is 5.21 Å². The fourth-order valence-electron chi connectivity index (χ4n) is 3.64. The van der Waals surface area contributed by atoms with Crippen LogP contribution in [-0.4, -0.2) is 43.8 Å². The van der Waals surface area contributed by atoms with Crippen molar-refractivity contribution in [2.45, 2.75) is 13.8 Å². The molecule has 0 radical (unpaired) electrons. The molecule has 0 aliphatic rings. The molecule has 0 fully saturated rings. The van der Waals surface area contributed by atoms with Gasteiger partial charge in [0.25, 0.3) is 0 Å². The molecule has 0 saturated heterocycles. The summed E-state index contributed by atoms with van der Waals surface area (Å²) < 4.78 is 5.51. The van der Waals surface area contributed by atoms with Crippen LogP contribution in [0.3, 0.4) is 0 Å². The minimum Gasteiger partial charge on any atom is -0.494 e. The summed E-state index contributed by atoms with van der Waals surface area (Å²) in [6.07, 6.45) is 0. The fraction of sp³-hybridized carbons (Fsp3) is 0.136. The Morgan fingerprint density at radius 3 is 2.23 bits per heavy atom. The molecular weight excluding hydrogens is 382 g/mol. The molecule has 0 aliphatic heterocycles. The lowest BCUT2D eigenvalue weighted by Gasteiger charge is -2.16. The standard InChI is InChI=1S/C22H19N5O3/c1-12-18(22(28)29)19(20(30-3)13(2)23-12)15-10-8-14(9-11-15)16-6-4-5-7-17(16)21-24-26-27-25-21/h4-11H,1-3H3,(H,28,29)(H,24,25,26,27). The minimum atomic E-state index is -1.04. The molecule has 2 N–H and O–H groups in total. The maximum Gasteiger partial charge on any atom is 0.338 e. The van der Waals surface area contributed by atoms with Crippen LogP contribution in [0, 0.1) is 13.8 Å². The Balaban J connectivity index is 1.85. The number of carboxylic acids is 1. The van der Waals surface area contributed by atoms with Gasteiger partial charge in [-0.1, -0.05) is 48.5 Å². The van der Waals surface area contributed by atoms with Gasteiger partial charge in [0.05, 0.1) is 24.1 Å². The number of carbonyl (C=O) groups is 1. The van der Waals surface area contributed by atoms with Crippen LogP contribution in [0.1, 0.15) is 21.7 Å². The third kappa shape index (κ3) is 3.28. The van der Waals surface area contributed by atoms with Crippen molar-refractivity contribution in [2.75, 3.05) is 7.11 Å². The molecule has 0 amide bonds. The molecule has 30 heavy (non-hydrogen) atoms. The highest BCUT2D eigenvalue weighted by molar-refractivity contribution is 5.99. The monoisotopic (exact) mass is 401 g/mol. The lowest BCUT2D eigenvalue weighted by molar-refractivity contribution is 0.0696. The van der Waals surface area contributed by atoms with E-state index in [-0.39, 0.29) is 5.56 Å². The number of pyridine rings is 1. The molecule has 0 spiro atoms. The zero-order chi connectivity index (χ0) is 21.3. The highest BCUT2D eigenvalue weighted by atomic mass is 16.5. The average molecular weight is 401 g/mol. The molecular formula is C22H19N5O3. The molecule has 150 valence electrons. The normalized spacial score (nSPS) is 10.8. The number of tetrazole rings is 1. The lowest BCUT2D eigenvalue weighted by atomic mass is 9.93. The van der Waals surface area contributed by atoms with Gasteiger partial charge in [0.2, 0.25) is 5.82 Å². The molecule has 0 bridgehead atoms. The summed E-state index contributed by atoms with van der Waals surface area (Å²) in [5.41, 5.74) is 5.21. The van der Waals surface area contributed by atoms with E-state index in [1.54, 1.807) is 13.8 Å². The first kappa shape index (κ1) is 19.3. The number of nitrogens with one attached hydrogen (secondary N) is 1. The van der Waals surface area contributed by atoms with Gasteiger partial charge in [0.15, 0.2) is 0 Å². The van der Waals surface area contributed by atoms with E-state index in [2.05, 4.69) is 25.6 Å². The predicted molar refractivity (Wildman–Crippen MR) is 111 cm³/mol. The molecule has 8 heteroatoms. The molecule has 0 atom stereocenters.